The van der Waals surface area contributed by atoms with Gasteiger partial charge >= 0.3 is 5.97 Å². The molecule has 1 amide bonds. The number of hydrogen-bond acceptors (Lipinski definition) is 5. The molecule has 0 bridgehead atoms. The Balaban J connectivity index is 1.73. The molecular formula is C21H31NO5. The molecule has 0 unspecified atom stereocenters. The van der Waals surface area contributed by atoms with E-state index in [1.54, 1.807) is 20.3 Å². The molecule has 1 aliphatic rings. The van der Waals surface area contributed by atoms with Crippen LogP contribution in [0, 0.1) is 11.8 Å². The summed E-state index contributed by atoms with van der Waals surface area (Å²) in [5.74, 6) is 1.72. The molecule has 0 saturated heterocycles. The SMILES string of the molecule is COc1ccc(CCC(=O)OCC(=O)N[C@H]2CCC[C@@H](C)[C@H]2C)cc1OC. The van der Waals surface area contributed by atoms with Crippen LogP contribution in [0.4, 0.5) is 0 Å². The van der Waals surface area contributed by atoms with Crippen LogP contribution < -0.4 is 14.8 Å². The molecule has 1 fully saturated rings. The number of amides is 1. The zero-order chi connectivity index (χ0) is 19.8. The van der Waals surface area contributed by atoms with Gasteiger partial charge in [0.1, 0.15) is 0 Å². The molecule has 6 heteroatoms. The Morgan fingerprint density at radius 1 is 1.11 bits per heavy atom. The molecule has 1 saturated carbocycles. The molecule has 1 aromatic carbocycles. The first-order chi connectivity index (χ1) is 12.9. The summed E-state index contributed by atoms with van der Waals surface area (Å²) in [5, 5.41) is 3.01. The lowest BCUT2D eigenvalue weighted by atomic mass is 9.78. The highest BCUT2D eigenvalue weighted by molar-refractivity contribution is 5.80. The Bertz CT molecular complexity index is 645. The zero-order valence-corrected chi connectivity index (χ0v) is 16.7. The number of hydrogen-bond donors (Lipinski definition) is 1. The topological polar surface area (TPSA) is 73.9 Å². The van der Waals surface area contributed by atoms with Gasteiger partial charge in [0.25, 0.3) is 5.91 Å². The van der Waals surface area contributed by atoms with Crippen LogP contribution in [0.5, 0.6) is 11.5 Å². The van der Waals surface area contributed by atoms with E-state index in [1.807, 2.05) is 12.1 Å². The third-order valence-electron chi connectivity index (χ3n) is 5.48. The van der Waals surface area contributed by atoms with Crippen molar-refractivity contribution in [3.63, 3.8) is 0 Å². The molecule has 1 N–H and O–H groups in total. The molecule has 0 heterocycles. The second kappa shape index (κ2) is 10.2. The number of ether oxygens (including phenoxy) is 3. The van der Waals surface area contributed by atoms with Gasteiger partial charge in [0.05, 0.1) is 14.2 Å². The number of rotatable bonds is 8. The highest BCUT2D eigenvalue weighted by Crippen LogP contribution is 2.29. The van der Waals surface area contributed by atoms with E-state index in [9.17, 15) is 9.59 Å². The van der Waals surface area contributed by atoms with Crippen molar-refractivity contribution in [2.24, 2.45) is 11.8 Å². The fourth-order valence-corrected chi connectivity index (χ4v) is 3.53. The quantitative estimate of drug-likeness (QED) is 0.705. The maximum atomic E-state index is 12.1. The Labute approximate surface area is 161 Å². The van der Waals surface area contributed by atoms with Gasteiger partial charge in [-0.05, 0) is 42.4 Å². The van der Waals surface area contributed by atoms with Crippen molar-refractivity contribution in [3.8, 4) is 11.5 Å². The molecule has 27 heavy (non-hydrogen) atoms. The van der Waals surface area contributed by atoms with Crippen LogP contribution in [0.3, 0.4) is 0 Å². The number of carbonyl (C=O) groups excluding carboxylic acids is 2. The molecule has 2 rings (SSSR count). The van der Waals surface area contributed by atoms with Crippen LogP contribution >= 0.6 is 0 Å². The van der Waals surface area contributed by atoms with Crippen LogP contribution in [0.2, 0.25) is 0 Å². The van der Waals surface area contributed by atoms with Gasteiger partial charge in [-0.1, -0.05) is 32.8 Å². The standard InChI is InChI=1S/C21H31NO5/c1-14-6-5-7-17(15(14)2)22-20(23)13-27-21(24)11-9-16-8-10-18(25-3)19(12-16)26-4/h8,10,12,14-15,17H,5-7,9,11,13H2,1-4H3,(H,22,23)/t14-,15-,17+/m1/s1. The molecule has 1 aliphatic carbocycles. The lowest BCUT2D eigenvalue weighted by molar-refractivity contribution is -0.148. The van der Waals surface area contributed by atoms with E-state index in [4.69, 9.17) is 14.2 Å². The molecule has 0 aliphatic heterocycles. The number of aryl methyl sites for hydroxylation is 1. The summed E-state index contributed by atoms with van der Waals surface area (Å²) >= 11 is 0. The predicted molar refractivity (Wildman–Crippen MR) is 103 cm³/mol. The average molecular weight is 377 g/mol. The van der Waals surface area contributed by atoms with Crippen LogP contribution in [-0.4, -0.2) is 38.7 Å². The van der Waals surface area contributed by atoms with Gasteiger partial charge < -0.3 is 19.5 Å². The van der Waals surface area contributed by atoms with Gasteiger partial charge in [-0.2, -0.15) is 0 Å². The Kier molecular flexibility index (Phi) is 7.95. The number of benzene rings is 1. The number of esters is 1. The van der Waals surface area contributed by atoms with Crippen LogP contribution in [0.15, 0.2) is 18.2 Å². The molecule has 6 nitrogen and oxygen atoms in total. The highest BCUT2D eigenvalue weighted by Gasteiger charge is 2.28. The van der Waals surface area contributed by atoms with E-state index in [0.717, 1.165) is 18.4 Å². The van der Waals surface area contributed by atoms with Gasteiger partial charge in [-0.15, -0.1) is 0 Å². The maximum absolute atomic E-state index is 12.1. The van der Waals surface area contributed by atoms with Crippen molar-refractivity contribution in [1.29, 1.82) is 0 Å². The second-order valence-corrected chi connectivity index (χ2v) is 7.29. The van der Waals surface area contributed by atoms with Crippen LogP contribution in [0.1, 0.15) is 45.1 Å². The maximum Gasteiger partial charge on any atom is 0.306 e. The van der Waals surface area contributed by atoms with Crippen molar-refractivity contribution in [2.75, 3.05) is 20.8 Å². The highest BCUT2D eigenvalue weighted by atomic mass is 16.5. The predicted octanol–water partition coefficient (Wildman–Crippen LogP) is 3.12. The first-order valence-electron chi connectivity index (χ1n) is 9.60. The lowest BCUT2D eigenvalue weighted by Crippen LogP contribution is -2.45. The average Bonchev–Trinajstić information content (AvgIpc) is 2.68. The molecule has 1 aromatic rings. The monoisotopic (exact) mass is 377 g/mol. The number of nitrogens with one attached hydrogen (secondary N) is 1. The van der Waals surface area contributed by atoms with Crippen molar-refractivity contribution in [2.45, 2.75) is 52.0 Å². The third kappa shape index (κ3) is 6.15. The summed E-state index contributed by atoms with van der Waals surface area (Å²) in [5.41, 5.74) is 0.944. The van der Waals surface area contributed by atoms with E-state index in [0.29, 0.717) is 29.8 Å². The summed E-state index contributed by atoms with van der Waals surface area (Å²) in [4.78, 5) is 24.0. The Hall–Kier alpha value is -2.24. The van der Waals surface area contributed by atoms with E-state index in [-0.39, 0.29) is 30.9 Å². The van der Waals surface area contributed by atoms with Crippen LogP contribution in [0.25, 0.3) is 0 Å². The second-order valence-electron chi connectivity index (χ2n) is 7.29. The van der Waals surface area contributed by atoms with Crippen LogP contribution in [-0.2, 0) is 20.7 Å². The first kappa shape index (κ1) is 21.1. The molecule has 3 atom stereocenters. The van der Waals surface area contributed by atoms with E-state index in [2.05, 4.69) is 19.2 Å². The first-order valence-corrected chi connectivity index (χ1v) is 9.60. The van der Waals surface area contributed by atoms with Gasteiger partial charge in [-0.25, -0.2) is 0 Å². The fourth-order valence-electron chi connectivity index (χ4n) is 3.53. The van der Waals surface area contributed by atoms with E-state index < -0.39 is 0 Å². The smallest absolute Gasteiger partial charge is 0.306 e. The van der Waals surface area contributed by atoms with E-state index >= 15 is 0 Å². The Morgan fingerprint density at radius 3 is 2.56 bits per heavy atom. The minimum Gasteiger partial charge on any atom is -0.493 e. The summed E-state index contributed by atoms with van der Waals surface area (Å²) in [6, 6.07) is 5.70. The normalized spacial score (nSPS) is 22.0. The number of carbonyl (C=O) groups is 2. The van der Waals surface area contributed by atoms with Gasteiger partial charge in [0, 0.05) is 12.5 Å². The summed E-state index contributed by atoms with van der Waals surface area (Å²) in [6.07, 6.45) is 4.04. The van der Waals surface area contributed by atoms with Crippen molar-refractivity contribution < 1.29 is 23.8 Å². The molecule has 0 radical (unpaired) electrons. The van der Waals surface area contributed by atoms with Crippen molar-refractivity contribution in [1.82, 2.24) is 5.32 Å². The summed E-state index contributed by atoms with van der Waals surface area (Å²) in [7, 11) is 3.15. The van der Waals surface area contributed by atoms with Crippen molar-refractivity contribution >= 4 is 11.9 Å². The summed E-state index contributed by atoms with van der Waals surface area (Å²) in [6.45, 7) is 4.17. The van der Waals surface area contributed by atoms with Gasteiger partial charge in [0.15, 0.2) is 18.1 Å². The van der Waals surface area contributed by atoms with Gasteiger partial charge in [0.2, 0.25) is 0 Å². The largest absolute Gasteiger partial charge is 0.493 e. The molecule has 0 spiro atoms. The minimum atomic E-state index is -0.384. The molecule has 150 valence electrons. The van der Waals surface area contributed by atoms with Crippen molar-refractivity contribution in [3.05, 3.63) is 23.8 Å². The third-order valence-corrected chi connectivity index (χ3v) is 5.48. The fraction of sp³-hybridized carbons (Fsp3) is 0.619. The Morgan fingerprint density at radius 2 is 1.85 bits per heavy atom. The van der Waals surface area contributed by atoms with Gasteiger partial charge in [-0.3, -0.25) is 9.59 Å². The minimum absolute atomic E-state index is 0.173. The molecule has 0 aromatic heterocycles. The summed E-state index contributed by atoms with van der Waals surface area (Å²) < 4.78 is 15.6. The molecular weight excluding hydrogens is 346 g/mol. The van der Waals surface area contributed by atoms with E-state index in [1.165, 1.54) is 6.42 Å². The zero-order valence-electron chi connectivity index (χ0n) is 16.7. The lowest BCUT2D eigenvalue weighted by Gasteiger charge is -2.34. The number of methoxy groups -OCH3 is 2.